The Bertz CT molecular complexity index is 379. The van der Waals surface area contributed by atoms with Gasteiger partial charge in [-0.25, -0.2) is 10.2 Å². The molecule has 0 spiro atoms. The molecule has 0 aliphatic heterocycles. The highest BCUT2D eigenvalue weighted by molar-refractivity contribution is 6.39. The molecule has 0 radical (unpaired) electrons. The summed E-state index contributed by atoms with van der Waals surface area (Å²) in [7, 11) is 0. The first-order chi connectivity index (χ1) is 8.11. The lowest BCUT2D eigenvalue weighted by Crippen LogP contribution is -2.23. The molecule has 0 heterocycles. The van der Waals surface area contributed by atoms with E-state index >= 15 is 0 Å². The first-order valence-electron chi connectivity index (χ1n) is 4.55. The third kappa shape index (κ3) is 7.40. The van der Waals surface area contributed by atoms with Crippen molar-refractivity contribution in [1.82, 2.24) is 5.43 Å². The molecule has 5 N–H and O–H groups in total. The molecule has 9 heteroatoms. The van der Waals surface area contributed by atoms with Gasteiger partial charge in [0.1, 0.15) is 5.71 Å². The van der Waals surface area contributed by atoms with E-state index in [0.717, 1.165) is 6.08 Å². The Kier molecular flexibility index (Phi) is 7.44. The first-order valence-corrected chi connectivity index (χ1v) is 4.55. The number of amides is 2. The van der Waals surface area contributed by atoms with Crippen molar-refractivity contribution in [3.63, 3.8) is 0 Å². The van der Waals surface area contributed by atoms with Crippen LogP contribution in [-0.2, 0) is 14.4 Å². The van der Waals surface area contributed by atoms with Crippen LogP contribution in [0.25, 0.3) is 0 Å². The third-order valence-corrected chi connectivity index (χ3v) is 1.51. The molecule has 0 atom stereocenters. The predicted octanol–water partition coefficient (Wildman–Crippen LogP) is -2.00. The van der Waals surface area contributed by atoms with Gasteiger partial charge in [-0.1, -0.05) is 0 Å². The van der Waals surface area contributed by atoms with Gasteiger partial charge in [-0.05, 0) is 12.8 Å². The number of isocyanates is 1. The second-order valence-corrected chi connectivity index (χ2v) is 2.72. The number of carbonyl (C=O) groups excluding carboxylic acids is 3. The molecular weight excluding hydrogens is 228 g/mol. The van der Waals surface area contributed by atoms with Crippen LogP contribution in [-0.4, -0.2) is 36.6 Å². The van der Waals surface area contributed by atoms with Crippen molar-refractivity contribution in [2.45, 2.75) is 12.8 Å². The summed E-state index contributed by atoms with van der Waals surface area (Å²) < 4.78 is 0. The van der Waals surface area contributed by atoms with Crippen molar-refractivity contribution in [2.24, 2.45) is 26.6 Å². The van der Waals surface area contributed by atoms with Crippen LogP contribution < -0.4 is 16.9 Å². The molecule has 0 saturated heterocycles. The molecule has 0 unspecified atom stereocenters. The van der Waals surface area contributed by atoms with Gasteiger partial charge in [0.05, 0.1) is 0 Å². The number of hydrogen-bond donors (Lipinski definition) is 3. The van der Waals surface area contributed by atoms with Gasteiger partial charge in [0.2, 0.25) is 12.5 Å². The topological polar surface area (TPSA) is 152 Å². The molecule has 2 amide bonds. The van der Waals surface area contributed by atoms with Crippen LogP contribution in [0.5, 0.6) is 0 Å². The molecule has 0 aliphatic carbocycles. The van der Waals surface area contributed by atoms with Gasteiger partial charge < -0.3 is 11.5 Å². The predicted molar refractivity (Wildman–Crippen MR) is 59.7 cm³/mol. The maximum absolute atomic E-state index is 11.2. The first kappa shape index (κ1) is 14.5. The molecule has 0 aromatic rings. The smallest absolute Gasteiger partial charge is 0.303 e. The van der Waals surface area contributed by atoms with E-state index in [-0.39, 0.29) is 24.5 Å². The lowest BCUT2D eigenvalue weighted by molar-refractivity contribution is -0.111. The Balaban J connectivity index is 4.40. The molecule has 92 valence electrons. The van der Waals surface area contributed by atoms with Gasteiger partial charge in [-0.15, -0.1) is 4.99 Å². The molecule has 0 aromatic heterocycles. The summed E-state index contributed by atoms with van der Waals surface area (Å²) in [5, 5.41) is 3.44. The van der Waals surface area contributed by atoms with E-state index in [2.05, 4.69) is 15.1 Å². The number of rotatable bonds is 7. The zero-order chi connectivity index (χ0) is 13.1. The Morgan fingerprint density at radius 2 is 2.12 bits per heavy atom. The highest BCUT2D eigenvalue weighted by atomic mass is 16.2. The zero-order valence-electron chi connectivity index (χ0n) is 8.92. The number of hydrogen-bond acceptors (Lipinski definition) is 5. The number of aliphatic imine (C=N–C) groups is 2. The summed E-state index contributed by atoms with van der Waals surface area (Å²) in [5.74, 6) is -0.925. The average Bonchev–Trinajstić information content (AvgIpc) is 2.28. The number of hydrazone groups is 1. The molecule has 0 rings (SSSR count). The van der Waals surface area contributed by atoms with Crippen LogP contribution in [0.15, 0.2) is 15.1 Å². The quantitative estimate of drug-likeness (QED) is 0.117. The Morgan fingerprint density at radius 1 is 1.41 bits per heavy atom. The summed E-state index contributed by atoms with van der Waals surface area (Å²) in [6, 6.07) is 0. The number of nitrogens with zero attached hydrogens (tertiary/aromatic N) is 3. The van der Waals surface area contributed by atoms with E-state index in [9.17, 15) is 14.4 Å². The summed E-state index contributed by atoms with van der Waals surface area (Å²) >= 11 is 0. The minimum absolute atomic E-state index is 0.0632. The van der Waals surface area contributed by atoms with Gasteiger partial charge in [0.25, 0.3) is 0 Å². The van der Waals surface area contributed by atoms with Crippen molar-refractivity contribution in [1.29, 1.82) is 0 Å². The second kappa shape index (κ2) is 8.74. The highest BCUT2D eigenvalue weighted by Crippen LogP contribution is 1.96. The van der Waals surface area contributed by atoms with E-state index in [0.29, 0.717) is 13.0 Å². The molecule has 0 aliphatic rings. The molecule has 0 saturated carbocycles. The van der Waals surface area contributed by atoms with Crippen molar-refractivity contribution in [3.05, 3.63) is 0 Å². The Labute approximate surface area is 96.7 Å². The van der Waals surface area contributed by atoms with E-state index < -0.39 is 5.91 Å². The lowest BCUT2D eigenvalue weighted by Gasteiger charge is -1.99. The molecule has 17 heavy (non-hydrogen) atoms. The van der Waals surface area contributed by atoms with Crippen LogP contribution in [0.4, 0.5) is 0 Å². The minimum atomic E-state index is -0.862. The number of nitrogens with one attached hydrogen (secondary N) is 1. The monoisotopic (exact) mass is 240 g/mol. The zero-order valence-corrected chi connectivity index (χ0v) is 8.92. The number of nitrogens with two attached hydrogens (primary N) is 2. The second-order valence-electron chi connectivity index (χ2n) is 2.72. The maximum atomic E-state index is 11.2. The van der Waals surface area contributed by atoms with Gasteiger partial charge in [-0.2, -0.15) is 5.10 Å². The van der Waals surface area contributed by atoms with Gasteiger partial charge in [-0.3, -0.25) is 14.6 Å². The van der Waals surface area contributed by atoms with E-state index in [4.69, 9.17) is 11.5 Å². The summed E-state index contributed by atoms with van der Waals surface area (Å²) in [6.07, 6.45) is 1.96. The average molecular weight is 240 g/mol. The SMILES string of the molecule is NC(N)=NCCCC(=NNC=O)C(=O)N=C=O. The van der Waals surface area contributed by atoms with Crippen molar-refractivity contribution in [3.8, 4) is 0 Å². The van der Waals surface area contributed by atoms with Crippen molar-refractivity contribution >= 4 is 30.1 Å². The molecule has 0 bridgehead atoms. The van der Waals surface area contributed by atoms with Crippen molar-refractivity contribution in [2.75, 3.05) is 6.54 Å². The summed E-state index contributed by atoms with van der Waals surface area (Å²) in [5.41, 5.74) is 12.1. The fourth-order valence-corrected chi connectivity index (χ4v) is 0.876. The van der Waals surface area contributed by atoms with Crippen LogP contribution in [0.3, 0.4) is 0 Å². The normalized spacial score (nSPS) is 10.0. The van der Waals surface area contributed by atoms with E-state index in [1.807, 2.05) is 5.43 Å². The fraction of sp³-hybridized carbons (Fsp3) is 0.375. The minimum Gasteiger partial charge on any atom is -0.370 e. The van der Waals surface area contributed by atoms with Crippen LogP contribution >= 0.6 is 0 Å². The van der Waals surface area contributed by atoms with Gasteiger partial charge in [0.15, 0.2) is 5.96 Å². The molecular formula is C8H12N6O3. The maximum Gasteiger partial charge on any atom is 0.303 e. The molecule has 0 fully saturated rings. The summed E-state index contributed by atoms with van der Waals surface area (Å²) in [4.78, 5) is 37.7. The largest absolute Gasteiger partial charge is 0.370 e. The van der Waals surface area contributed by atoms with Crippen LogP contribution in [0, 0.1) is 0 Å². The van der Waals surface area contributed by atoms with Gasteiger partial charge in [0, 0.05) is 6.54 Å². The van der Waals surface area contributed by atoms with Gasteiger partial charge >= 0.3 is 5.91 Å². The molecule has 0 aromatic carbocycles. The van der Waals surface area contributed by atoms with Crippen LogP contribution in [0.1, 0.15) is 12.8 Å². The fourth-order valence-electron chi connectivity index (χ4n) is 0.876. The standard InChI is InChI=1S/C8H12N6O3/c9-8(10)11-3-1-2-6(14-13-5-16)7(17)12-4-15/h5H,1-3H2,(H,13,16)(H4,9,10,11). The summed E-state index contributed by atoms with van der Waals surface area (Å²) in [6.45, 7) is 0.292. The Morgan fingerprint density at radius 3 is 2.65 bits per heavy atom. The van der Waals surface area contributed by atoms with Crippen LogP contribution in [0.2, 0.25) is 0 Å². The third-order valence-electron chi connectivity index (χ3n) is 1.51. The lowest BCUT2D eigenvalue weighted by atomic mass is 10.2. The van der Waals surface area contributed by atoms with E-state index in [1.54, 1.807) is 0 Å². The van der Waals surface area contributed by atoms with Crippen molar-refractivity contribution < 1.29 is 14.4 Å². The van der Waals surface area contributed by atoms with E-state index in [1.165, 1.54) is 0 Å². The Hall–Kier alpha value is -2.54. The highest BCUT2D eigenvalue weighted by Gasteiger charge is 2.10. The molecule has 9 nitrogen and oxygen atoms in total. The number of guanidine groups is 1. The number of carbonyl (C=O) groups is 2.